The zero-order valence-corrected chi connectivity index (χ0v) is 8.02. The summed E-state index contributed by atoms with van der Waals surface area (Å²) in [5, 5.41) is 9.14. The summed E-state index contributed by atoms with van der Waals surface area (Å²) in [6, 6.07) is 9.59. The molecule has 14 heavy (non-hydrogen) atoms. The van der Waals surface area contributed by atoms with Gasteiger partial charge >= 0.3 is 0 Å². The second-order valence-corrected chi connectivity index (χ2v) is 3.38. The summed E-state index contributed by atoms with van der Waals surface area (Å²) >= 11 is 0. The van der Waals surface area contributed by atoms with Gasteiger partial charge in [0, 0.05) is 0 Å². The Morgan fingerprint density at radius 3 is 2.43 bits per heavy atom. The van der Waals surface area contributed by atoms with Gasteiger partial charge in [-0.3, -0.25) is 0 Å². The van der Waals surface area contributed by atoms with Gasteiger partial charge < -0.3 is 9.90 Å². The van der Waals surface area contributed by atoms with Crippen molar-refractivity contribution in [1.29, 1.82) is 0 Å². The van der Waals surface area contributed by atoms with E-state index >= 15 is 0 Å². The van der Waals surface area contributed by atoms with E-state index in [0.717, 1.165) is 11.8 Å². The van der Waals surface area contributed by atoms with Gasteiger partial charge in [-0.15, -0.1) is 6.58 Å². The molecule has 1 atom stereocenters. The number of carbonyl (C=O) groups is 1. The average molecular weight is 190 g/mol. The van der Waals surface area contributed by atoms with Gasteiger partial charge in [0.1, 0.15) is 6.29 Å². The highest BCUT2D eigenvalue weighted by Crippen LogP contribution is 2.21. The molecule has 0 aliphatic carbocycles. The first-order valence-corrected chi connectivity index (χ1v) is 4.51. The maximum atomic E-state index is 10.9. The molecule has 1 N–H and O–H groups in total. The smallest absolute Gasteiger partial charge is 0.132 e. The normalized spacial score (nSPS) is 14.4. The Hall–Kier alpha value is -1.41. The van der Waals surface area contributed by atoms with Crippen molar-refractivity contribution in [2.75, 3.05) is 6.61 Å². The monoisotopic (exact) mass is 190 g/mol. The summed E-state index contributed by atoms with van der Waals surface area (Å²) in [7, 11) is 0. The van der Waals surface area contributed by atoms with E-state index < -0.39 is 5.41 Å². The van der Waals surface area contributed by atoms with E-state index in [9.17, 15) is 4.79 Å². The van der Waals surface area contributed by atoms with Crippen molar-refractivity contribution in [3.63, 3.8) is 0 Å². The van der Waals surface area contributed by atoms with Crippen LogP contribution in [0.1, 0.15) is 5.56 Å². The van der Waals surface area contributed by atoms with Crippen molar-refractivity contribution < 1.29 is 9.90 Å². The molecule has 0 aliphatic rings. The Morgan fingerprint density at radius 2 is 2.00 bits per heavy atom. The molecule has 0 heterocycles. The lowest BCUT2D eigenvalue weighted by atomic mass is 9.84. The van der Waals surface area contributed by atoms with Crippen LogP contribution in [0.15, 0.2) is 43.0 Å². The number of hydrogen-bond donors (Lipinski definition) is 1. The molecular weight excluding hydrogens is 176 g/mol. The molecule has 0 aromatic heterocycles. The van der Waals surface area contributed by atoms with Gasteiger partial charge in [-0.1, -0.05) is 36.4 Å². The van der Waals surface area contributed by atoms with E-state index in [-0.39, 0.29) is 6.61 Å². The molecule has 2 heteroatoms. The zero-order chi connectivity index (χ0) is 10.4. The second-order valence-electron chi connectivity index (χ2n) is 3.38. The molecule has 1 aromatic carbocycles. The zero-order valence-electron chi connectivity index (χ0n) is 8.02. The van der Waals surface area contributed by atoms with Crippen molar-refractivity contribution in [3.05, 3.63) is 48.6 Å². The maximum Gasteiger partial charge on any atom is 0.132 e. The summed E-state index contributed by atoms with van der Waals surface area (Å²) in [6.07, 6.45) is 2.76. The minimum absolute atomic E-state index is 0.200. The number of aliphatic hydroxyl groups is 1. The molecule has 0 fully saturated rings. The summed E-state index contributed by atoms with van der Waals surface area (Å²) in [4.78, 5) is 10.9. The second kappa shape index (κ2) is 4.72. The van der Waals surface area contributed by atoms with Crippen molar-refractivity contribution >= 4 is 6.29 Å². The van der Waals surface area contributed by atoms with Gasteiger partial charge in [0.25, 0.3) is 0 Å². The number of aliphatic hydroxyl groups excluding tert-OH is 1. The van der Waals surface area contributed by atoms with E-state index in [1.807, 2.05) is 30.3 Å². The Labute approximate surface area is 83.9 Å². The van der Waals surface area contributed by atoms with Crippen LogP contribution in [0.4, 0.5) is 0 Å². The van der Waals surface area contributed by atoms with Crippen LogP contribution in [-0.2, 0) is 11.2 Å². The fourth-order valence-electron chi connectivity index (χ4n) is 1.30. The minimum atomic E-state index is -0.832. The molecule has 0 saturated carbocycles. The number of carbonyl (C=O) groups excluding carboxylic acids is 1. The minimum Gasteiger partial charge on any atom is -0.395 e. The molecule has 1 unspecified atom stereocenters. The maximum absolute atomic E-state index is 10.9. The molecule has 0 spiro atoms. The molecule has 1 aromatic rings. The van der Waals surface area contributed by atoms with Crippen LogP contribution in [0, 0.1) is 5.41 Å². The third-order valence-electron chi connectivity index (χ3n) is 2.31. The largest absolute Gasteiger partial charge is 0.395 e. The van der Waals surface area contributed by atoms with Gasteiger partial charge in [0.15, 0.2) is 0 Å². The highest BCUT2D eigenvalue weighted by molar-refractivity contribution is 5.63. The summed E-state index contributed by atoms with van der Waals surface area (Å²) in [5.74, 6) is 0. The van der Waals surface area contributed by atoms with Crippen molar-refractivity contribution in [3.8, 4) is 0 Å². The van der Waals surface area contributed by atoms with Crippen LogP contribution in [-0.4, -0.2) is 18.0 Å². The van der Waals surface area contributed by atoms with Crippen LogP contribution in [0.25, 0.3) is 0 Å². The number of hydrogen-bond acceptors (Lipinski definition) is 2. The van der Waals surface area contributed by atoms with E-state index in [1.54, 1.807) is 0 Å². The molecule has 0 aliphatic heterocycles. The van der Waals surface area contributed by atoms with E-state index in [1.165, 1.54) is 6.08 Å². The summed E-state index contributed by atoms with van der Waals surface area (Å²) in [5.41, 5.74) is 0.190. The van der Waals surface area contributed by atoms with Gasteiger partial charge in [-0.2, -0.15) is 0 Å². The summed E-state index contributed by atoms with van der Waals surface area (Å²) in [6.45, 7) is 3.38. The predicted molar refractivity (Wildman–Crippen MR) is 55.9 cm³/mol. The predicted octanol–water partition coefficient (Wildman–Crippen LogP) is 1.59. The van der Waals surface area contributed by atoms with Gasteiger partial charge in [0.2, 0.25) is 0 Å². The highest BCUT2D eigenvalue weighted by Gasteiger charge is 2.25. The van der Waals surface area contributed by atoms with Crippen LogP contribution < -0.4 is 0 Å². The van der Waals surface area contributed by atoms with Gasteiger partial charge in [-0.05, 0) is 12.0 Å². The molecule has 74 valence electrons. The van der Waals surface area contributed by atoms with Crippen molar-refractivity contribution in [2.45, 2.75) is 6.42 Å². The number of aldehydes is 1. The van der Waals surface area contributed by atoms with Crippen LogP contribution in [0.2, 0.25) is 0 Å². The Bertz CT molecular complexity index is 295. The van der Waals surface area contributed by atoms with Crippen molar-refractivity contribution in [2.24, 2.45) is 5.41 Å². The third-order valence-corrected chi connectivity index (χ3v) is 2.31. The van der Waals surface area contributed by atoms with Crippen molar-refractivity contribution in [1.82, 2.24) is 0 Å². The van der Waals surface area contributed by atoms with Crippen LogP contribution in [0.5, 0.6) is 0 Å². The SMILES string of the molecule is C=CC(C=O)(CO)Cc1ccccc1. The van der Waals surface area contributed by atoms with Crippen LogP contribution in [0.3, 0.4) is 0 Å². The van der Waals surface area contributed by atoms with Gasteiger partial charge in [-0.25, -0.2) is 0 Å². The molecule has 1 rings (SSSR count). The molecular formula is C12H14O2. The quantitative estimate of drug-likeness (QED) is 0.565. The summed E-state index contributed by atoms with van der Waals surface area (Å²) < 4.78 is 0. The Balaban J connectivity index is 2.84. The lowest BCUT2D eigenvalue weighted by Crippen LogP contribution is -2.27. The Kier molecular flexibility index (Phi) is 3.60. The fraction of sp³-hybridized carbons (Fsp3) is 0.250. The fourth-order valence-corrected chi connectivity index (χ4v) is 1.30. The molecule has 0 amide bonds. The average Bonchev–Trinajstić information content (AvgIpc) is 2.28. The van der Waals surface area contributed by atoms with E-state index in [4.69, 9.17) is 5.11 Å². The van der Waals surface area contributed by atoms with E-state index in [2.05, 4.69) is 6.58 Å². The van der Waals surface area contributed by atoms with Crippen LogP contribution >= 0.6 is 0 Å². The number of benzene rings is 1. The topological polar surface area (TPSA) is 37.3 Å². The molecule has 0 bridgehead atoms. The van der Waals surface area contributed by atoms with E-state index in [0.29, 0.717) is 6.42 Å². The standard InChI is InChI=1S/C12H14O2/c1-2-12(9-13,10-14)8-11-6-4-3-5-7-11/h2-7,9,14H,1,8,10H2. The molecule has 0 radical (unpaired) electrons. The van der Waals surface area contributed by atoms with Gasteiger partial charge in [0.05, 0.1) is 12.0 Å². The first-order valence-electron chi connectivity index (χ1n) is 4.51. The molecule has 2 nitrogen and oxygen atoms in total. The lowest BCUT2D eigenvalue weighted by Gasteiger charge is -2.20. The Morgan fingerprint density at radius 1 is 1.36 bits per heavy atom. The first-order chi connectivity index (χ1) is 6.76. The highest BCUT2D eigenvalue weighted by atomic mass is 16.3. The molecule has 0 saturated heterocycles. The third kappa shape index (κ3) is 2.30. The first kappa shape index (κ1) is 10.7. The lowest BCUT2D eigenvalue weighted by molar-refractivity contribution is -0.115. The number of rotatable bonds is 5.